The van der Waals surface area contributed by atoms with E-state index in [4.69, 9.17) is 4.42 Å². The molecule has 4 rings (SSSR count). The summed E-state index contributed by atoms with van der Waals surface area (Å²) < 4.78 is 7.60. The number of aryl methyl sites for hydroxylation is 1. The van der Waals surface area contributed by atoms with Gasteiger partial charge in [-0.3, -0.25) is 9.20 Å². The number of oxazole rings is 1. The zero-order valence-corrected chi connectivity index (χ0v) is 14.9. The van der Waals surface area contributed by atoms with Gasteiger partial charge in [0.1, 0.15) is 0 Å². The first-order chi connectivity index (χ1) is 13.2. The highest BCUT2D eigenvalue weighted by Gasteiger charge is 2.16. The molecule has 27 heavy (non-hydrogen) atoms. The molecule has 0 spiro atoms. The fourth-order valence-electron chi connectivity index (χ4n) is 2.92. The van der Waals surface area contributed by atoms with E-state index in [-0.39, 0.29) is 18.4 Å². The number of fused-ring (bicyclic) bond motifs is 1. The normalized spacial score (nSPS) is 12.2. The van der Waals surface area contributed by atoms with Crippen LogP contribution in [0.2, 0.25) is 0 Å². The van der Waals surface area contributed by atoms with Gasteiger partial charge in [0.05, 0.1) is 12.2 Å². The molecule has 136 valence electrons. The summed E-state index contributed by atoms with van der Waals surface area (Å²) in [5.74, 6) is 1.86. The Labute approximate surface area is 156 Å². The molecule has 0 bridgehead atoms. The first kappa shape index (κ1) is 17.0. The molecule has 0 radical (unpaired) electrons. The molecule has 1 aromatic carbocycles. The average molecular weight is 361 g/mol. The number of benzene rings is 1. The largest absolute Gasteiger partial charge is 0.441 e. The maximum Gasteiger partial charge on any atom is 0.221 e. The van der Waals surface area contributed by atoms with E-state index in [2.05, 4.69) is 20.5 Å². The standard InChI is InChI=1S/C20H19N5O2/c1-14(20-24-23-17-9-5-6-12-25(17)20)22-18(26)10-11-19-21-13-16(27-19)15-7-3-2-4-8-15/h2-9,12-14H,10-11H2,1H3,(H,22,26)/t14-/m0/s1. The van der Waals surface area contributed by atoms with E-state index in [9.17, 15) is 4.79 Å². The Balaban J connectivity index is 1.35. The van der Waals surface area contributed by atoms with Gasteiger partial charge in [-0.25, -0.2) is 4.98 Å². The predicted molar refractivity (Wildman–Crippen MR) is 99.8 cm³/mol. The Bertz CT molecular complexity index is 1050. The molecule has 0 aliphatic carbocycles. The topological polar surface area (TPSA) is 85.3 Å². The third-order valence-corrected chi connectivity index (χ3v) is 4.28. The minimum Gasteiger partial charge on any atom is -0.441 e. The smallest absolute Gasteiger partial charge is 0.221 e. The lowest BCUT2D eigenvalue weighted by Crippen LogP contribution is -2.28. The number of hydrogen-bond donors (Lipinski definition) is 1. The first-order valence-electron chi connectivity index (χ1n) is 8.80. The van der Waals surface area contributed by atoms with Crippen molar-refractivity contribution >= 4 is 11.6 Å². The van der Waals surface area contributed by atoms with Gasteiger partial charge in [0.15, 0.2) is 23.1 Å². The van der Waals surface area contributed by atoms with E-state index < -0.39 is 0 Å². The van der Waals surface area contributed by atoms with E-state index in [1.807, 2.05) is 66.1 Å². The van der Waals surface area contributed by atoms with Crippen LogP contribution < -0.4 is 5.32 Å². The molecule has 7 heteroatoms. The van der Waals surface area contributed by atoms with E-state index in [0.717, 1.165) is 11.2 Å². The number of carbonyl (C=O) groups excluding carboxylic acids is 1. The molecule has 1 amide bonds. The van der Waals surface area contributed by atoms with Crippen molar-refractivity contribution in [1.82, 2.24) is 24.9 Å². The Morgan fingerprint density at radius 3 is 2.81 bits per heavy atom. The van der Waals surface area contributed by atoms with Crippen molar-refractivity contribution in [3.8, 4) is 11.3 Å². The Hall–Kier alpha value is -3.48. The number of nitrogens with one attached hydrogen (secondary N) is 1. The van der Waals surface area contributed by atoms with Crippen molar-refractivity contribution < 1.29 is 9.21 Å². The molecule has 1 N–H and O–H groups in total. The van der Waals surface area contributed by atoms with Gasteiger partial charge < -0.3 is 9.73 Å². The molecular weight excluding hydrogens is 342 g/mol. The Morgan fingerprint density at radius 1 is 1.15 bits per heavy atom. The van der Waals surface area contributed by atoms with Crippen molar-refractivity contribution in [3.05, 3.63) is 72.6 Å². The van der Waals surface area contributed by atoms with E-state index in [1.165, 1.54) is 0 Å². The highest BCUT2D eigenvalue weighted by molar-refractivity contribution is 5.76. The number of nitrogens with zero attached hydrogens (tertiary/aromatic N) is 4. The Morgan fingerprint density at radius 2 is 1.96 bits per heavy atom. The maximum atomic E-state index is 12.3. The maximum absolute atomic E-state index is 12.3. The second kappa shape index (κ2) is 7.41. The highest BCUT2D eigenvalue weighted by atomic mass is 16.4. The fourth-order valence-corrected chi connectivity index (χ4v) is 2.92. The zero-order valence-electron chi connectivity index (χ0n) is 14.9. The number of aromatic nitrogens is 4. The molecule has 7 nitrogen and oxygen atoms in total. The SMILES string of the molecule is C[C@H](NC(=O)CCc1ncc(-c2ccccc2)o1)c1nnc2ccccn12. The fraction of sp³-hybridized carbons (Fsp3) is 0.200. The summed E-state index contributed by atoms with van der Waals surface area (Å²) in [6, 6.07) is 15.2. The van der Waals surface area contributed by atoms with Crippen LogP contribution in [0.15, 0.2) is 65.3 Å². The summed E-state index contributed by atoms with van der Waals surface area (Å²) in [5, 5.41) is 11.2. The van der Waals surface area contributed by atoms with Crippen LogP contribution in [0.25, 0.3) is 17.0 Å². The van der Waals surface area contributed by atoms with Gasteiger partial charge in [0.25, 0.3) is 0 Å². The van der Waals surface area contributed by atoms with E-state index >= 15 is 0 Å². The van der Waals surface area contributed by atoms with Crippen molar-refractivity contribution in [2.45, 2.75) is 25.8 Å². The predicted octanol–water partition coefficient (Wildman–Crippen LogP) is 3.19. The minimum absolute atomic E-state index is 0.0883. The van der Waals surface area contributed by atoms with Gasteiger partial charge in [0, 0.05) is 24.6 Å². The van der Waals surface area contributed by atoms with Gasteiger partial charge in [-0.1, -0.05) is 36.4 Å². The van der Waals surface area contributed by atoms with Gasteiger partial charge in [-0.05, 0) is 19.1 Å². The summed E-state index contributed by atoms with van der Waals surface area (Å²) in [7, 11) is 0. The molecule has 0 aliphatic rings. The van der Waals surface area contributed by atoms with Crippen molar-refractivity contribution in [3.63, 3.8) is 0 Å². The van der Waals surface area contributed by atoms with Gasteiger partial charge >= 0.3 is 0 Å². The first-order valence-corrected chi connectivity index (χ1v) is 8.80. The summed E-state index contributed by atoms with van der Waals surface area (Å²) in [5.41, 5.74) is 1.72. The molecule has 0 fully saturated rings. The number of carbonyl (C=O) groups is 1. The van der Waals surface area contributed by atoms with Crippen LogP contribution in [0.3, 0.4) is 0 Å². The monoisotopic (exact) mass is 361 g/mol. The summed E-state index contributed by atoms with van der Waals surface area (Å²) >= 11 is 0. The van der Waals surface area contributed by atoms with Crippen LogP contribution in [-0.4, -0.2) is 25.5 Å². The molecule has 0 saturated carbocycles. The quantitative estimate of drug-likeness (QED) is 0.570. The van der Waals surface area contributed by atoms with Crippen LogP contribution in [0, 0.1) is 0 Å². The molecule has 0 saturated heterocycles. The third-order valence-electron chi connectivity index (χ3n) is 4.28. The summed E-state index contributed by atoms with van der Waals surface area (Å²) in [6.45, 7) is 1.89. The Kier molecular flexibility index (Phi) is 4.65. The lowest BCUT2D eigenvalue weighted by Gasteiger charge is -2.11. The number of pyridine rings is 1. The molecule has 3 aromatic heterocycles. The second-order valence-corrected chi connectivity index (χ2v) is 6.26. The van der Waals surface area contributed by atoms with Crippen LogP contribution in [0.5, 0.6) is 0 Å². The van der Waals surface area contributed by atoms with Crippen LogP contribution in [0.4, 0.5) is 0 Å². The number of amides is 1. The number of hydrogen-bond acceptors (Lipinski definition) is 5. The van der Waals surface area contributed by atoms with E-state index in [0.29, 0.717) is 23.9 Å². The zero-order chi connectivity index (χ0) is 18.6. The lowest BCUT2D eigenvalue weighted by molar-refractivity contribution is -0.121. The van der Waals surface area contributed by atoms with Crippen LogP contribution >= 0.6 is 0 Å². The van der Waals surface area contributed by atoms with Crippen molar-refractivity contribution in [2.24, 2.45) is 0 Å². The van der Waals surface area contributed by atoms with E-state index in [1.54, 1.807) is 6.20 Å². The van der Waals surface area contributed by atoms with Crippen LogP contribution in [-0.2, 0) is 11.2 Å². The van der Waals surface area contributed by atoms with Gasteiger partial charge in [-0.2, -0.15) is 0 Å². The van der Waals surface area contributed by atoms with Crippen LogP contribution in [0.1, 0.15) is 31.1 Å². The molecular formula is C20H19N5O2. The molecule has 0 unspecified atom stereocenters. The number of rotatable bonds is 6. The minimum atomic E-state index is -0.251. The molecule has 4 aromatic rings. The van der Waals surface area contributed by atoms with Gasteiger partial charge in [0.2, 0.25) is 5.91 Å². The average Bonchev–Trinajstić information content (AvgIpc) is 3.34. The highest BCUT2D eigenvalue weighted by Crippen LogP contribution is 2.20. The molecule has 0 aliphatic heterocycles. The lowest BCUT2D eigenvalue weighted by atomic mass is 10.2. The van der Waals surface area contributed by atoms with Crippen molar-refractivity contribution in [2.75, 3.05) is 0 Å². The summed E-state index contributed by atoms with van der Waals surface area (Å²) in [6.07, 6.45) is 4.29. The molecule has 3 heterocycles. The second-order valence-electron chi connectivity index (χ2n) is 6.26. The van der Waals surface area contributed by atoms with Gasteiger partial charge in [-0.15, -0.1) is 10.2 Å². The summed E-state index contributed by atoms with van der Waals surface area (Å²) in [4.78, 5) is 16.6. The van der Waals surface area contributed by atoms with Crippen molar-refractivity contribution in [1.29, 1.82) is 0 Å². The molecule has 1 atom stereocenters. The third kappa shape index (κ3) is 3.72.